The highest BCUT2D eigenvalue weighted by atomic mass is 31.2. The Morgan fingerprint density at radius 2 is 1.81 bits per heavy atom. The van der Waals surface area contributed by atoms with Gasteiger partial charge in [0.2, 0.25) is 11.7 Å². The normalized spacial score (nSPS) is 13.0. The lowest BCUT2D eigenvalue weighted by Crippen LogP contribution is -2.41. The molecule has 0 saturated carbocycles. The molecule has 1 unspecified atom stereocenters. The average Bonchev–Trinajstić information content (AvgIpc) is 2.25. The van der Waals surface area contributed by atoms with Crippen molar-refractivity contribution in [3.05, 3.63) is 0 Å². The zero-order valence-corrected chi connectivity index (χ0v) is 10.6. The van der Waals surface area contributed by atoms with Gasteiger partial charge in [0.05, 0.1) is 6.61 Å². The zero-order valence-electron chi connectivity index (χ0n) is 9.68. The van der Waals surface area contributed by atoms with Gasteiger partial charge < -0.3 is 19.1 Å². The van der Waals surface area contributed by atoms with E-state index in [4.69, 9.17) is 0 Å². The molecular weight excluding hydrogens is 237 g/mol. The first-order chi connectivity index (χ1) is 7.41. The number of ether oxygens (including phenoxy) is 1. The van der Waals surface area contributed by atoms with Crippen LogP contribution in [0.5, 0.6) is 0 Å². The minimum atomic E-state index is -3.74. The minimum absolute atomic E-state index is 0.0996. The van der Waals surface area contributed by atoms with Crippen LogP contribution >= 0.6 is 7.60 Å². The van der Waals surface area contributed by atoms with Gasteiger partial charge in [-0.05, 0) is 6.92 Å². The van der Waals surface area contributed by atoms with Gasteiger partial charge in [-0.25, -0.2) is 4.79 Å². The van der Waals surface area contributed by atoms with Gasteiger partial charge in [0.25, 0.3) is 0 Å². The van der Waals surface area contributed by atoms with Crippen LogP contribution in [0.25, 0.3) is 0 Å². The third kappa shape index (κ3) is 3.92. The summed E-state index contributed by atoms with van der Waals surface area (Å²) in [5.74, 6) is -2.84. The molecule has 8 heteroatoms. The average molecular weight is 253 g/mol. The fraction of sp³-hybridized carbons (Fsp3) is 0.750. The summed E-state index contributed by atoms with van der Waals surface area (Å²) in [6.07, 6.45) is 0. The largest absolute Gasteiger partial charge is 0.464 e. The van der Waals surface area contributed by atoms with Crippen LogP contribution in [0, 0.1) is 0 Å². The number of esters is 1. The molecule has 1 atom stereocenters. The Hall–Kier alpha value is -0.910. The summed E-state index contributed by atoms with van der Waals surface area (Å²) in [4.78, 5) is 22.4. The third-order valence-electron chi connectivity index (χ3n) is 1.68. The number of carbonyl (C=O) groups excluding carboxylic acids is 2. The van der Waals surface area contributed by atoms with Crippen LogP contribution in [0.4, 0.5) is 0 Å². The first kappa shape index (κ1) is 15.1. The molecule has 0 aliphatic heterocycles. The van der Waals surface area contributed by atoms with Crippen molar-refractivity contribution >= 4 is 19.5 Å². The number of nitrogens with one attached hydrogen (secondary N) is 1. The Bertz CT molecular complexity index is 297. The van der Waals surface area contributed by atoms with Crippen LogP contribution in [0.15, 0.2) is 0 Å². The quantitative estimate of drug-likeness (QED) is 0.547. The van der Waals surface area contributed by atoms with E-state index in [2.05, 4.69) is 19.1 Å². The monoisotopic (exact) mass is 253 g/mol. The van der Waals surface area contributed by atoms with Crippen LogP contribution in [-0.2, 0) is 27.9 Å². The summed E-state index contributed by atoms with van der Waals surface area (Å²) >= 11 is 0. The van der Waals surface area contributed by atoms with Crippen molar-refractivity contribution in [2.24, 2.45) is 0 Å². The first-order valence-electron chi connectivity index (χ1n) is 4.56. The maximum absolute atomic E-state index is 11.9. The van der Waals surface area contributed by atoms with Crippen LogP contribution in [0.1, 0.15) is 13.8 Å². The summed E-state index contributed by atoms with van der Waals surface area (Å²) in [6, 6.07) is 0. The molecule has 1 amide bonds. The lowest BCUT2D eigenvalue weighted by Gasteiger charge is -2.22. The molecule has 0 saturated heterocycles. The summed E-state index contributed by atoms with van der Waals surface area (Å²) in [6.45, 7) is 2.87. The zero-order chi connectivity index (χ0) is 12.8. The molecule has 7 nitrogen and oxygen atoms in total. The van der Waals surface area contributed by atoms with Crippen molar-refractivity contribution in [3.63, 3.8) is 0 Å². The van der Waals surface area contributed by atoms with Gasteiger partial charge in [0.1, 0.15) is 0 Å². The molecule has 0 bridgehead atoms. The molecule has 0 aromatic rings. The van der Waals surface area contributed by atoms with Gasteiger partial charge in [-0.2, -0.15) is 0 Å². The summed E-state index contributed by atoms with van der Waals surface area (Å²) in [7, 11) is -1.49. The van der Waals surface area contributed by atoms with Crippen LogP contribution < -0.4 is 5.32 Å². The molecule has 0 heterocycles. The molecule has 0 aromatic heterocycles. The molecule has 0 aliphatic carbocycles. The number of hydrogen-bond acceptors (Lipinski definition) is 6. The van der Waals surface area contributed by atoms with E-state index in [1.54, 1.807) is 6.92 Å². The fourth-order valence-corrected chi connectivity index (χ4v) is 2.21. The molecule has 0 radical (unpaired) electrons. The van der Waals surface area contributed by atoms with E-state index in [9.17, 15) is 14.2 Å². The van der Waals surface area contributed by atoms with Gasteiger partial charge in [-0.3, -0.25) is 9.36 Å². The second-order valence-corrected chi connectivity index (χ2v) is 5.09. The number of hydrogen-bond donors (Lipinski definition) is 1. The predicted molar refractivity (Wildman–Crippen MR) is 55.9 cm³/mol. The topological polar surface area (TPSA) is 90.9 Å². The number of carbonyl (C=O) groups is 2. The van der Waals surface area contributed by atoms with E-state index in [1.165, 1.54) is 6.92 Å². The van der Waals surface area contributed by atoms with Crippen LogP contribution in [0.2, 0.25) is 0 Å². The molecule has 0 aliphatic rings. The van der Waals surface area contributed by atoms with E-state index in [0.29, 0.717) is 0 Å². The molecule has 0 rings (SSSR count). The van der Waals surface area contributed by atoms with Crippen LogP contribution in [0.3, 0.4) is 0 Å². The number of amides is 1. The molecule has 0 aromatic carbocycles. The van der Waals surface area contributed by atoms with E-state index in [0.717, 1.165) is 14.2 Å². The van der Waals surface area contributed by atoms with E-state index < -0.39 is 25.3 Å². The van der Waals surface area contributed by atoms with E-state index >= 15 is 0 Å². The molecule has 0 fully saturated rings. The van der Waals surface area contributed by atoms with Crippen molar-refractivity contribution < 1.29 is 27.9 Å². The Kier molecular flexibility index (Phi) is 6.25. The lowest BCUT2D eigenvalue weighted by atomic mass is 10.6. The van der Waals surface area contributed by atoms with Gasteiger partial charge in [-0.15, -0.1) is 0 Å². The summed E-state index contributed by atoms with van der Waals surface area (Å²) in [5.41, 5.74) is 0. The van der Waals surface area contributed by atoms with Crippen molar-refractivity contribution in [1.82, 2.24) is 5.32 Å². The Morgan fingerprint density at radius 1 is 1.31 bits per heavy atom. The van der Waals surface area contributed by atoms with Crippen molar-refractivity contribution in [2.45, 2.75) is 19.6 Å². The van der Waals surface area contributed by atoms with Gasteiger partial charge >= 0.3 is 13.6 Å². The first-order valence-corrected chi connectivity index (χ1v) is 6.17. The van der Waals surface area contributed by atoms with E-state index in [1.807, 2.05) is 0 Å². The van der Waals surface area contributed by atoms with Crippen LogP contribution in [-0.4, -0.2) is 38.5 Å². The van der Waals surface area contributed by atoms with Crippen molar-refractivity contribution in [2.75, 3.05) is 20.8 Å². The Balaban J connectivity index is 4.99. The SMILES string of the molecule is CCOC(=O)C(NC(C)=O)P(=O)(OC)OC. The molecule has 94 valence electrons. The third-order valence-corrected chi connectivity index (χ3v) is 3.67. The highest BCUT2D eigenvalue weighted by molar-refractivity contribution is 7.55. The maximum Gasteiger partial charge on any atom is 0.363 e. The molecule has 1 N–H and O–H groups in total. The fourth-order valence-electron chi connectivity index (χ4n) is 0.966. The van der Waals surface area contributed by atoms with Crippen molar-refractivity contribution in [1.29, 1.82) is 0 Å². The second kappa shape index (κ2) is 6.62. The standard InChI is InChI=1S/C8H16NO6P/c1-5-15-8(11)7(9-6(2)10)16(12,13-3)14-4/h7H,5H2,1-4H3,(H,9,10). The summed E-state index contributed by atoms with van der Waals surface area (Å²) < 4.78 is 25.9. The van der Waals surface area contributed by atoms with Gasteiger partial charge in [0.15, 0.2) is 0 Å². The second-order valence-electron chi connectivity index (χ2n) is 2.76. The Labute approximate surface area is 94.0 Å². The van der Waals surface area contributed by atoms with E-state index in [-0.39, 0.29) is 6.61 Å². The maximum atomic E-state index is 11.9. The highest BCUT2D eigenvalue weighted by Gasteiger charge is 2.41. The molecule has 16 heavy (non-hydrogen) atoms. The summed E-state index contributed by atoms with van der Waals surface area (Å²) in [5, 5.41) is 2.18. The number of rotatable bonds is 6. The van der Waals surface area contributed by atoms with Gasteiger partial charge in [0, 0.05) is 21.1 Å². The predicted octanol–water partition coefficient (Wildman–Crippen LogP) is 0.498. The molecular formula is C8H16NO6P. The minimum Gasteiger partial charge on any atom is -0.464 e. The lowest BCUT2D eigenvalue weighted by molar-refractivity contribution is -0.145. The highest BCUT2D eigenvalue weighted by Crippen LogP contribution is 2.50. The smallest absolute Gasteiger partial charge is 0.363 e. The molecule has 0 spiro atoms. The Morgan fingerprint density at radius 3 is 2.12 bits per heavy atom. The van der Waals surface area contributed by atoms with Gasteiger partial charge in [-0.1, -0.05) is 0 Å². The van der Waals surface area contributed by atoms with Crippen molar-refractivity contribution in [3.8, 4) is 0 Å².